The van der Waals surface area contributed by atoms with Crippen molar-refractivity contribution < 1.29 is 4.79 Å². The highest BCUT2D eigenvalue weighted by atomic mass is 16.2. The number of nitrogens with zero attached hydrogens (tertiary/aromatic N) is 4. The molecule has 116 valence electrons. The highest BCUT2D eigenvalue weighted by Gasteiger charge is 2.21. The predicted octanol–water partition coefficient (Wildman–Crippen LogP) is 1.31. The fourth-order valence-electron chi connectivity index (χ4n) is 2.80. The van der Waals surface area contributed by atoms with Gasteiger partial charge in [-0.25, -0.2) is 4.98 Å². The maximum Gasteiger partial charge on any atom is 0.227 e. The highest BCUT2D eigenvalue weighted by molar-refractivity contribution is 5.78. The van der Waals surface area contributed by atoms with Crippen LogP contribution >= 0.6 is 0 Å². The van der Waals surface area contributed by atoms with E-state index in [9.17, 15) is 4.79 Å². The maximum atomic E-state index is 12.3. The van der Waals surface area contributed by atoms with Gasteiger partial charge in [-0.3, -0.25) is 9.69 Å². The molecule has 0 saturated carbocycles. The lowest BCUT2D eigenvalue weighted by Gasteiger charge is -2.34. The number of hydrogen-bond acceptors (Lipinski definition) is 3. The normalized spacial score (nSPS) is 16.0. The second kappa shape index (κ2) is 6.75. The Morgan fingerprint density at radius 2 is 1.86 bits per heavy atom. The van der Waals surface area contributed by atoms with Gasteiger partial charge in [-0.1, -0.05) is 30.3 Å². The van der Waals surface area contributed by atoms with Crippen LogP contribution in [-0.2, 0) is 24.8 Å². The van der Waals surface area contributed by atoms with Gasteiger partial charge in [0.15, 0.2) is 0 Å². The third-order valence-corrected chi connectivity index (χ3v) is 4.23. The Bertz CT molecular complexity index is 615. The second-order valence-electron chi connectivity index (χ2n) is 5.82. The van der Waals surface area contributed by atoms with Crippen molar-refractivity contribution in [2.24, 2.45) is 7.05 Å². The van der Waals surface area contributed by atoms with Gasteiger partial charge < -0.3 is 9.47 Å². The average Bonchev–Trinajstić information content (AvgIpc) is 2.94. The molecule has 0 unspecified atom stereocenters. The first-order valence-electron chi connectivity index (χ1n) is 7.71. The van der Waals surface area contributed by atoms with Gasteiger partial charge in [0.1, 0.15) is 0 Å². The number of aromatic nitrogens is 2. The number of carbonyl (C=O) groups is 1. The van der Waals surface area contributed by atoms with Crippen LogP contribution in [0.4, 0.5) is 0 Å². The molecule has 5 nitrogen and oxygen atoms in total. The number of hydrogen-bond donors (Lipinski definition) is 0. The lowest BCUT2D eigenvalue weighted by Crippen LogP contribution is -2.48. The van der Waals surface area contributed by atoms with Gasteiger partial charge >= 0.3 is 0 Å². The molecule has 1 aliphatic rings. The van der Waals surface area contributed by atoms with Gasteiger partial charge in [0, 0.05) is 46.0 Å². The van der Waals surface area contributed by atoms with Crippen LogP contribution in [0.15, 0.2) is 42.9 Å². The lowest BCUT2D eigenvalue weighted by atomic mass is 10.1. The van der Waals surface area contributed by atoms with Gasteiger partial charge in [0.25, 0.3) is 0 Å². The fraction of sp³-hybridized carbons (Fsp3) is 0.412. The van der Waals surface area contributed by atoms with Crippen LogP contribution in [0, 0.1) is 0 Å². The summed E-state index contributed by atoms with van der Waals surface area (Å²) in [6.07, 6.45) is 4.24. The number of amides is 1. The molecule has 5 heteroatoms. The quantitative estimate of drug-likeness (QED) is 0.854. The van der Waals surface area contributed by atoms with Crippen molar-refractivity contribution in [2.45, 2.75) is 13.0 Å². The van der Waals surface area contributed by atoms with E-state index in [0.29, 0.717) is 6.42 Å². The molecule has 0 aliphatic carbocycles. The molecule has 1 aromatic carbocycles. The summed E-state index contributed by atoms with van der Waals surface area (Å²) in [5.74, 6) is 0.228. The van der Waals surface area contributed by atoms with Crippen LogP contribution in [0.25, 0.3) is 0 Å². The predicted molar refractivity (Wildman–Crippen MR) is 85.2 cm³/mol. The van der Waals surface area contributed by atoms with Crippen LogP contribution in [0.1, 0.15) is 11.3 Å². The number of piperazine rings is 1. The molecule has 2 heterocycles. The molecule has 22 heavy (non-hydrogen) atoms. The van der Waals surface area contributed by atoms with Crippen molar-refractivity contribution in [3.05, 3.63) is 54.1 Å². The van der Waals surface area contributed by atoms with Crippen molar-refractivity contribution in [2.75, 3.05) is 26.2 Å². The minimum atomic E-state index is 0.228. The third kappa shape index (κ3) is 3.54. The standard InChI is InChI=1S/C17H22N4O/c1-19-14-18-12-16(19)13-20-7-9-21(10-8-20)17(22)11-15-5-3-2-4-6-15/h2-6,12,14H,7-11,13H2,1H3. The van der Waals surface area contributed by atoms with Crippen LogP contribution in [-0.4, -0.2) is 51.4 Å². The molecule has 2 aromatic rings. The van der Waals surface area contributed by atoms with E-state index < -0.39 is 0 Å². The first-order chi connectivity index (χ1) is 10.7. The third-order valence-electron chi connectivity index (χ3n) is 4.23. The maximum absolute atomic E-state index is 12.3. The van der Waals surface area contributed by atoms with Crippen LogP contribution in [0.3, 0.4) is 0 Å². The number of benzene rings is 1. The van der Waals surface area contributed by atoms with Crippen molar-refractivity contribution in [1.29, 1.82) is 0 Å². The van der Waals surface area contributed by atoms with E-state index in [1.54, 1.807) is 0 Å². The van der Waals surface area contributed by atoms with Crippen molar-refractivity contribution >= 4 is 5.91 Å². The molecule has 1 aromatic heterocycles. The van der Waals surface area contributed by atoms with E-state index in [2.05, 4.69) is 9.88 Å². The van der Waals surface area contributed by atoms with Gasteiger partial charge in [-0.2, -0.15) is 0 Å². The summed E-state index contributed by atoms with van der Waals surface area (Å²) in [6, 6.07) is 9.96. The summed E-state index contributed by atoms with van der Waals surface area (Å²) in [7, 11) is 2.02. The Labute approximate surface area is 131 Å². The molecular weight excluding hydrogens is 276 g/mol. The summed E-state index contributed by atoms with van der Waals surface area (Å²) in [5.41, 5.74) is 2.30. The Kier molecular flexibility index (Phi) is 4.53. The summed E-state index contributed by atoms with van der Waals surface area (Å²) < 4.78 is 2.05. The Morgan fingerprint density at radius 1 is 1.14 bits per heavy atom. The molecule has 1 fully saturated rings. The Morgan fingerprint density at radius 3 is 2.50 bits per heavy atom. The topological polar surface area (TPSA) is 41.4 Å². The summed E-state index contributed by atoms with van der Waals surface area (Å²) in [6.45, 7) is 4.36. The molecule has 0 radical (unpaired) electrons. The van der Waals surface area contributed by atoms with Crippen LogP contribution in [0.5, 0.6) is 0 Å². The van der Waals surface area contributed by atoms with E-state index >= 15 is 0 Å². The summed E-state index contributed by atoms with van der Waals surface area (Å²) in [5, 5.41) is 0. The largest absolute Gasteiger partial charge is 0.340 e. The Hall–Kier alpha value is -2.14. The van der Waals surface area contributed by atoms with E-state index in [4.69, 9.17) is 0 Å². The lowest BCUT2D eigenvalue weighted by molar-refractivity contribution is -0.132. The first-order valence-corrected chi connectivity index (χ1v) is 7.71. The molecule has 1 saturated heterocycles. The second-order valence-corrected chi connectivity index (χ2v) is 5.82. The van der Waals surface area contributed by atoms with Crippen LogP contribution in [0.2, 0.25) is 0 Å². The van der Waals surface area contributed by atoms with E-state index in [-0.39, 0.29) is 5.91 Å². The molecular formula is C17H22N4O. The number of rotatable bonds is 4. The van der Waals surface area contributed by atoms with Gasteiger partial charge in [-0.05, 0) is 5.56 Å². The average molecular weight is 298 g/mol. The highest BCUT2D eigenvalue weighted by Crippen LogP contribution is 2.10. The number of imidazole rings is 1. The monoisotopic (exact) mass is 298 g/mol. The first kappa shape index (κ1) is 14.8. The zero-order valence-electron chi connectivity index (χ0n) is 13.0. The number of aryl methyl sites for hydroxylation is 1. The minimum absolute atomic E-state index is 0.228. The van der Waals surface area contributed by atoms with E-state index in [0.717, 1.165) is 38.3 Å². The molecule has 1 aliphatic heterocycles. The van der Waals surface area contributed by atoms with E-state index in [1.165, 1.54) is 5.69 Å². The zero-order valence-corrected chi connectivity index (χ0v) is 13.0. The van der Waals surface area contributed by atoms with Crippen molar-refractivity contribution in [1.82, 2.24) is 19.4 Å². The van der Waals surface area contributed by atoms with Gasteiger partial charge in [0.05, 0.1) is 18.4 Å². The van der Waals surface area contributed by atoms with Crippen molar-refractivity contribution in [3.8, 4) is 0 Å². The smallest absolute Gasteiger partial charge is 0.227 e. The summed E-state index contributed by atoms with van der Waals surface area (Å²) in [4.78, 5) is 20.8. The van der Waals surface area contributed by atoms with Gasteiger partial charge in [-0.15, -0.1) is 0 Å². The summed E-state index contributed by atoms with van der Waals surface area (Å²) >= 11 is 0. The molecule has 0 N–H and O–H groups in total. The molecule has 0 bridgehead atoms. The molecule has 0 spiro atoms. The fourth-order valence-corrected chi connectivity index (χ4v) is 2.80. The Balaban J connectivity index is 1.49. The molecule has 3 rings (SSSR count). The molecule has 1 amide bonds. The van der Waals surface area contributed by atoms with Crippen LogP contribution < -0.4 is 0 Å². The molecule has 0 atom stereocenters. The number of carbonyl (C=O) groups excluding carboxylic acids is 1. The van der Waals surface area contributed by atoms with E-state index in [1.807, 2.05) is 59.4 Å². The zero-order chi connectivity index (χ0) is 15.4. The SMILES string of the molecule is Cn1cncc1CN1CCN(C(=O)Cc2ccccc2)CC1. The van der Waals surface area contributed by atoms with Gasteiger partial charge in [0.2, 0.25) is 5.91 Å². The van der Waals surface area contributed by atoms with Crippen molar-refractivity contribution in [3.63, 3.8) is 0 Å². The minimum Gasteiger partial charge on any atom is -0.340 e.